The third-order valence-corrected chi connectivity index (χ3v) is 4.63. The zero-order valence-corrected chi connectivity index (χ0v) is 14.2. The third-order valence-electron chi connectivity index (χ3n) is 4.63. The fourth-order valence-electron chi connectivity index (χ4n) is 3.07. The van der Waals surface area contributed by atoms with E-state index in [-0.39, 0.29) is 0 Å². The smallest absolute Gasteiger partial charge is 0.166 e. The molecule has 7 nitrogen and oxygen atoms in total. The molecule has 0 spiro atoms. The number of aromatic amines is 1. The maximum atomic E-state index is 9.45. The summed E-state index contributed by atoms with van der Waals surface area (Å²) in [5.74, 6) is 1.88. The summed E-state index contributed by atoms with van der Waals surface area (Å²) >= 11 is 0. The van der Waals surface area contributed by atoms with Crippen LogP contribution >= 0.6 is 0 Å². The zero-order valence-electron chi connectivity index (χ0n) is 14.2. The van der Waals surface area contributed by atoms with Crippen LogP contribution in [0.25, 0.3) is 5.82 Å². The molecule has 126 valence electrons. The number of aromatic nitrogens is 5. The Morgan fingerprint density at radius 3 is 2.88 bits per heavy atom. The third kappa shape index (κ3) is 2.76. The van der Waals surface area contributed by atoms with Crippen molar-refractivity contribution in [3.63, 3.8) is 0 Å². The summed E-state index contributed by atoms with van der Waals surface area (Å²) in [7, 11) is 0. The first-order valence-corrected chi connectivity index (χ1v) is 8.37. The van der Waals surface area contributed by atoms with Gasteiger partial charge in [0.25, 0.3) is 0 Å². The Kier molecular flexibility index (Phi) is 3.73. The summed E-state index contributed by atoms with van der Waals surface area (Å²) in [6.07, 6.45) is 4.02. The van der Waals surface area contributed by atoms with Crippen molar-refractivity contribution in [3.8, 4) is 11.9 Å². The second kappa shape index (κ2) is 6.06. The van der Waals surface area contributed by atoms with Crippen molar-refractivity contribution in [1.29, 1.82) is 5.26 Å². The van der Waals surface area contributed by atoms with E-state index in [4.69, 9.17) is 0 Å². The average Bonchev–Trinajstić information content (AvgIpc) is 3.33. The van der Waals surface area contributed by atoms with Gasteiger partial charge in [-0.15, -0.1) is 0 Å². The van der Waals surface area contributed by atoms with Crippen molar-refractivity contribution in [2.75, 3.05) is 5.32 Å². The van der Waals surface area contributed by atoms with E-state index in [1.54, 1.807) is 6.20 Å². The topological polar surface area (TPSA) is 95.2 Å². The van der Waals surface area contributed by atoms with E-state index in [0.29, 0.717) is 23.8 Å². The van der Waals surface area contributed by atoms with Crippen LogP contribution in [0.1, 0.15) is 47.0 Å². The molecule has 3 heterocycles. The number of pyridine rings is 1. The van der Waals surface area contributed by atoms with Crippen LogP contribution in [0.5, 0.6) is 0 Å². The first-order chi connectivity index (χ1) is 12.2. The number of nitriles is 1. The minimum Gasteiger partial charge on any atom is -0.363 e. The van der Waals surface area contributed by atoms with Crippen LogP contribution < -0.4 is 5.32 Å². The molecule has 1 aliphatic rings. The van der Waals surface area contributed by atoms with Crippen LogP contribution in [0.4, 0.5) is 5.82 Å². The van der Waals surface area contributed by atoms with Gasteiger partial charge in [0, 0.05) is 29.9 Å². The van der Waals surface area contributed by atoms with Gasteiger partial charge in [0.1, 0.15) is 11.6 Å². The van der Waals surface area contributed by atoms with E-state index < -0.39 is 0 Å². The Morgan fingerprint density at radius 2 is 2.20 bits per heavy atom. The monoisotopic (exact) mass is 333 g/mol. The van der Waals surface area contributed by atoms with Crippen LogP contribution in [0, 0.1) is 25.2 Å². The number of rotatable bonds is 5. The molecular formula is C18H19N7. The highest BCUT2D eigenvalue weighted by atomic mass is 15.3. The van der Waals surface area contributed by atoms with E-state index >= 15 is 0 Å². The molecule has 1 aliphatic carbocycles. The van der Waals surface area contributed by atoms with Gasteiger partial charge in [0.2, 0.25) is 0 Å². The largest absolute Gasteiger partial charge is 0.363 e. The lowest BCUT2D eigenvalue weighted by molar-refractivity contribution is 0.805. The Hall–Kier alpha value is -3.14. The van der Waals surface area contributed by atoms with Crippen LogP contribution in [0.15, 0.2) is 24.4 Å². The predicted molar refractivity (Wildman–Crippen MR) is 93.4 cm³/mol. The first-order valence-electron chi connectivity index (χ1n) is 8.37. The fraction of sp³-hybridized carbons (Fsp3) is 0.333. The molecule has 0 unspecified atom stereocenters. The van der Waals surface area contributed by atoms with E-state index in [0.717, 1.165) is 41.3 Å². The maximum absolute atomic E-state index is 9.45. The minimum absolute atomic E-state index is 0.466. The standard InChI is InChI=1S/C18H19N7/c1-11-15(12(2)25(24-11)16-5-3-4-8-20-16)10-21-18-14(9-19)17(22-23-18)13-6-7-13/h3-5,8,13H,6-7,10H2,1-2H3,(H2,21,22,23). The molecule has 1 saturated carbocycles. The van der Waals surface area contributed by atoms with Gasteiger partial charge in [-0.2, -0.15) is 15.5 Å². The Morgan fingerprint density at radius 1 is 1.36 bits per heavy atom. The predicted octanol–water partition coefficient (Wildman–Crippen LogP) is 2.97. The van der Waals surface area contributed by atoms with E-state index in [9.17, 15) is 5.26 Å². The molecule has 4 rings (SSSR count). The van der Waals surface area contributed by atoms with Crippen molar-refractivity contribution in [3.05, 3.63) is 52.6 Å². The zero-order chi connectivity index (χ0) is 17.4. The summed E-state index contributed by atoms with van der Waals surface area (Å²) in [4.78, 5) is 4.36. The van der Waals surface area contributed by atoms with Crippen molar-refractivity contribution in [2.45, 2.75) is 39.2 Å². The molecule has 3 aromatic heterocycles. The van der Waals surface area contributed by atoms with Crippen LogP contribution in [-0.4, -0.2) is 25.0 Å². The number of H-pyrrole nitrogens is 1. The van der Waals surface area contributed by atoms with Gasteiger partial charge in [-0.1, -0.05) is 6.07 Å². The van der Waals surface area contributed by atoms with Crippen LogP contribution in [0.2, 0.25) is 0 Å². The molecule has 0 radical (unpaired) electrons. The second-order valence-corrected chi connectivity index (χ2v) is 6.35. The van der Waals surface area contributed by atoms with Gasteiger partial charge in [-0.05, 0) is 38.8 Å². The molecule has 0 aliphatic heterocycles. The molecule has 2 N–H and O–H groups in total. The summed E-state index contributed by atoms with van der Waals surface area (Å²) < 4.78 is 1.84. The molecule has 0 saturated heterocycles. The van der Waals surface area contributed by atoms with Crippen LogP contribution in [-0.2, 0) is 6.54 Å². The maximum Gasteiger partial charge on any atom is 0.166 e. The molecule has 7 heteroatoms. The van der Waals surface area contributed by atoms with E-state index in [2.05, 4.69) is 31.7 Å². The van der Waals surface area contributed by atoms with E-state index in [1.807, 2.05) is 36.7 Å². The molecule has 0 amide bonds. The van der Waals surface area contributed by atoms with Gasteiger partial charge in [-0.3, -0.25) is 5.10 Å². The molecule has 25 heavy (non-hydrogen) atoms. The fourth-order valence-corrected chi connectivity index (χ4v) is 3.07. The minimum atomic E-state index is 0.466. The highest BCUT2D eigenvalue weighted by Crippen LogP contribution is 2.41. The van der Waals surface area contributed by atoms with Gasteiger partial charge in [0.05, 0.1) is 11.4 Å². The number of nitrogens with zero attached hydrogens (tertiary/aromatic N) is 5. The summed E-state index contributed by atoms with van der Waals surface area (Å²) in [5.41, 5.74) is 4.65. The quantitative estimate of drug-likeness (QED) is 0.748. The number of hydrogen-bond acceptors (Lipinski definition) is 5. The van der Waals surface area contributed by atoms with Gasteiger partial charge >= 0.3 is 0 Å². The Balaban J connectivity index is 1.58. The molecule has 0 atom stereocenters. The summed E-state index contributed by atoms with van der Waals surface area (Å²) in [6.45, 7) is 4.57. The van der Waals surface area contributed by atoms with Gasteiger partial charge in [0.15, 0.2) is 11.6 Å². The summed E-state index contributed by atoms with van der Waals surface area (Å²) in [6, 6.07) is 8.03. The van der Waals surface area contributed by atoms with Gasteiger partial charge in [-0.25, -0.2) is 9.67 Å². The lowest BCUT2D eigenvalue weighted by Gasteiger charge is -2.06. The lowest BCUT2D eigenvalue weighted by atomic mass is 10.1. The van der Waals surface area contributed by atoms with Crippen molar-refractivity contribution < 1.29 is 0 Å². The second-order valence-electron chi connectivity index (χ2n) is 6.35. The number of anilines is 1. The molecule has 3 aromatic rings. The first kappa shape index (κ1) is 15.4. The molecular weight excluding hydrogens is 314 g/mol. The molecule has 1 fully saturated rings. The SMILES string of the molecule is Cc1nn(-c2ccccn2)c(C)c1CNc1n[nH]c(C2CC2)c1C#N. The highest BCUT2D eigenvalue weighted by molar-refractivity contribution is 5.56. The number of nitrogens with one attached hydrogen (secondary N) is 2. The lowest BCUT2D eigenvalue weighted by Crippen LogP contribution is -2.05. The van der Waals surface area contributed by atoms with Crippen molar-refractivity contribution in [2.24, 2.45) is 0 Å². The highest BCUT2D eigenvalue weighted by Gasteiger charge is 2.30. The van der Waals surface area contributed by atoms with Crippen LogP contribution in [0.3, 0.4) is 0 Å². The Labute approximate surface area is 145 Å². The molecule has 0 aromatic carbocycles. The Bertz CT molecular complexity index is 942. The normalized spacial score (nSPS) is 13.6. The van der Waals surface area contributed by atoms with Crippen molar-refractivity contribution >= 4 is 5.82 Å². The van der Waals surface area contributed by atoms with Gasteiger partial charge < -0.3 is 5.32 Å². The molecule has 0 bridgehead atoms. The number of hydrogen-bond donors (Lipinski definition) is 2. The average molecular weight is 333 g/mol. The summed E-state index contributed by atoms with van der Waals surface area (Å²) in [5, 5.41) is 24.6. The van der Waals surface area contributed by atoms with E-state index in [1.165, 1.54) is 0 Å². The number of aryl methyl sites for hydroxylation is 1. The van der Waals surface area contributed by atoms with Crippen molar-refractivity contribution in [1.82, 2.24) is 25.0 Å².